The van der Waals surface area contributed by atoms with E-state index in [1.54, 1.807) is 13.2 Å². The van der Waals surface area contributed by atoms with Gasteiger partial charge in [0.05, 0.1) is 18.4 Å². The summed E-state index contributed by atoms with van der Waals surface area (Å²) >= 11 is 0. The summed E-state index contributed by atoms with van der Waals surface area (Å²) in [4.78, 5) is 11.3. The van der Waals surface area contributed by atoms with Crippen molar-refractivity contribution in [3.63, 3.8) is 0 Å². The molecule has 2 aromatic carbocycles. The molecule has 0 spiro atoms. The smallest absolute Gasteiger partial charge is 0.335 e. The molecule has 1 heterocycles. The molecule has 0 unspecified atom stereocenters. The lowest BCUT2D eigenvalue weighted by molar-refractivity contribution is 0.0697. The Morgan fingerprint density at radius 3 is 2.73 bits per heavy atom. The second-order valence-electron chi connectivity index (χ2n) is 4.56. The molecule has 0 atom stereocenters. The molecule has 0 fully saturated rings. The fourth-order valence-corrected chi connectivity index (χ4v) is 2.12. The summed E-state index contributed by atoms with van der Waals surface area (Å²) in [6, 6.07) is 12.3. The molecule has 0 bridgehead atoms. The average molecular weight is 296 g/mol. The number of tetrazole rings is 1. The van der Waals surface area contributed by atoms with Crippen LogP contribution >= 0.6 is 0 Å². The van der Waals surface area contributed by atoms with E-state index in [9.17, 15) is 9.90 Å². The molecular formula is C15H12N4O3. The fraction of sp³-hybridized carbons (Fsp3) is 0.0667. The van der Waals surface area contributed by atoms with Gasteiger partial charge in [-0.3, -0.25) is 0 Å². The second kappa shape index (κ2) is 5.65. The van der Waals surface area contributed by atoms with E-state index in [0.29, 0.717) is 11.4 Å². The highest BCUT2D eigenvalue weighted by Gasteiger charge is 2.11. The molecule has 3 rings (SSSR count). The molecule has 0 aliphatic rings. The Morgan fingerprint density at radius 1 is 1.18 bits per heavy atom. The lowest BCUT2D eigenvalue weighted by atomic mass is 10.0. The van der Waals surface area contributed by atoms with Gasteiger partial charge in [0, 0.05) is 0 Å². The first kappa shape index (κ1) is 13.7. The van der Waals surface area contributed by atoms with Crippen LogP contribution in [0.4, 0.5) is 0 Å². The summed E-state index contributed by atoms with van der Waals surface area (Å²) in [6.45, 7) is 0. The molecule has 22 heavy (non-hydrogen) atoms. The van der Waals surface area contributed by atoms with E-state index in [4.69, 9.17) is 4.74 Å². The highest BCUT2D eigenvalue weighted by molar-refractivity contribution is 5.90. The SMILES string of the molecule is COc1cccc(-c2cc(C(=O)O)cc(-n3cnnn3)c2)c1. The Bertz CT molecular complexity index is 815. The summed E-state index contributed by atoms with van der Waals surface area (Å²) in [5, 5.41) is 20.2. The molecule has 3 aromatic rings. The van der Waals surface area contributed by atoms with Crippen molar-refractivity contribution in [1.29, 1.82) is 0 Å². The van der Waals surface area contributed by atoms with Crippen LogP contribution in [0.25, 0.3) is 16.8 Å². The topological polar surface area (TPSA) is 90.1 Å². The Morgan fingerprint density at radius 2 is 2.05 bits per heavy atom. The molecule has 0 amide bonds. The number of ether oxygens (including phenoxy) is 1. The minimum absolute atomic E-state index is 0.158. The monoisotopic (exact) mass is 296 g/mol. The van der Waals surface area contributed by atoms with Crippen molar-refractivity contribution in [1.82, 2.24) is 20.2 Å². The lowest BCUT2D eigenvalue weighted by Crippen LogP contribution is -2.02. The first-order chi connectivity index (χ1) is 10.7. The first-order valence-electron chi connectivity index (χ1n) is 6.43. The van der Waals surface area contributed by atoms with Gasteiger partial charge in [0.25, 0.3) is 0 Å². The molecule has 110 valence electrons. The van der Waals surface area contributed by atoms with Crippen molar-refractivity contribution in [2.45, 2.75) is 0 Å². The van der Waals surface area contributed by atoms with Gasteiger partial charge in [-0.25, -0.2) is 9.48 Å². The summed E-state index contributed by atoms with van der Waals surface area (Å²) in [6.07, 6.45) is 1.41. The standard InChI is InChI=1S/C15H12N4O3/c1-22-14-4-2-3-10(8-14)11-5-12(15(20)21)7-13(6-11)19-9-16-17-18-19/h2-9H,1H3,(H,20,21). The predicted octanol–water partition coefficient (Wildman–Crippen LogP) is 2.04. The number of aromatic carboxylic acids is 1. The van der Waals surface area contributed by atoms with Crippen LogP contribution in [0.3, 0.4) is 0 Å². The number of benzene rings is 2. The van der Waals surface area contributed by atoms with Crippen LogP contribution in [0.1, 0.15) is 10.4 Å². The van der Waals surface area contributed by atoms with Crippen molar-refractivity contribution < 1.29 is 14.6 Å². The van der Waals surface area contributed by atoms with Gasteiger partial charge in [-0.2, -0.15) is 0 Å². The molecule has 7 heteroatoms. The van der Waals surface area contributed by atoms with E-state index in [-0.39, 0.29) is 5.56 Å². The van der Waals surface area contributed by atoms with E-state index in [2.05, 4.69) is 15.5 Å². The highest BCUT2D eigenvalue weighted by atomic mass is 16.5. The Hall–Kier alpha value is -3.22. The average Bonchev–Trinajstić information content (AvgIpc) is 3.09. The molecule has 0 aliphatic heterocycles. The number of methoxy groups -OCH3 is 1. The van der Waals surface area contributed by atoms with Gasteiger partial charge in [0.1, 0.15) is 12.1 Å². The molecule has 7 nitrogen and oxygen atoms in total. The van der Waals surface area contributed by atoms with E-state index in [1.807, 2.05) is 30.3 Å². The summed E-state index contributed by atoms with van der Waals surface area (Å²) < 4.78 is 6.62. The number of aromatic nitrogens is 4. The van der Waals surface area contributed by atoms with Gasteiger partial charge in [0.2, 0.25) is 0 Å². The number of rotatable bonds is 4. The summed E-state index contributed by atoms with van der Waals surface area (Å²) in [5.41, 5.74) is 2.31. The van der Waals surface area contributed by atoms with E-state index in [0.717, 1.165) is 11.1 Å². The van der Waals surface area contributed by atoms with Crippen molar-refractivity contribution in [3.05, 3.63) is 54.4 Å². The van der Waals surface area contributed by atoms with Crippen LogP contribution in [0, 0.1) is 0 Å². The van der Waals surface area contributed by atoms with Gasteiger partial charge in [0.15, 0.2) is 0 Å². The Kier molecular flexibility index (Phi) is 3.53. The third-order valence-electron chi connectivity index (χ3n) is 3.18. The molecule has 1 aromatic heterocycles. The highest BCUT2D eigenvalue weighted by Crippen LogP contribution is 2.27. The summed E-state index contributed by atoms with van der Waals surface area (Å²) in [7, 11) is 1.58. The fourth-order valence-electron chi connectivity index (χ4n) is 2.12. The third kappa shape index (κ3) is 2.64. The zero-order valence-corrected chi connectivity index (χ0v) is 11.7. The van der Waals surface area contributed by atoms with Gasteiger partial charge in [-0.05, 0) is 51.9 Å². The number of carbonyl (C=O) groups is 1. The minimum Gasteiger partial charge on any atom is -0.497 e. The number of nitrogens with zero attached hydrogens (tertiary/aromatic N) is 4. The number of hydrogen-bond donors (Lipinski definition) is 1. The van der Waals surface area contributed by atoms with Crippen LogP contribution in [0.15, 0.2) is 48.8 Å². The van der Waals surface area contributed by atoms with Crippen molar-refractivity contribution >= 4 is 5.97 Å². The lowest BCUT2D eigenvalue weighted by Gasteiger charge is -2.09. The van der Waals surface area contributed by atoms with Gasteiger partial charge in [-0.15, -0.1) is 5.10 Å². The van der Waals surface area contributed by atoms with E-state index in [1.165, 1.54) is 17.1 Å². The van der Waals surface area contributed by atoms with Crippen LogP contribution < -0.4 is 4.74 Å². The molecular weight excluding hydrogens is 284 g/mol. The molecule has 0 aliphatic carbocycles. The molecule has 0 saturated heterocycles. The van der Waals surface area contributed by atoms with Crippen molar-refractivity contribution in [2.75, 3.05) is 7.11 Å². The zero-order chi connectivity index (χ0) is 15.5. The Labute approximate surface area is 125 Å². The molecule has 0 radical (unpaired) electrons. The molecule has 1 N–H and O–H groups in total. The second-order valence-corrected chi connectivity index (χ2v) is 4.56. The van der Waals surface area contributed by atoms with Crippen LogP contribution in [0.5, 0.6) is 5.75 Å². The van der Waals surface area contributed by atoms with Crippen LogP contribution in [0.2, 0.25) is 0 Å². The number of carboxylic acids is 1. The van der Waals surface area contributed by atoms with Crippen molar-refractivity contribution in [2.24, 2.45) is 0 Å². The van der Waals surface area contributed by atoms with Gasteiger partial charge in [-0.1, -0.05) is 12.1 Å². The quantitative estimate of drug-likeness (QED) is 0.792. The van der Waals surface area contributed by atoms with Crippen molar-refractivity contribution in [3.8, 4) is 22.6 Å². The first-order valence-corrected chi connectivity index (χ1v) is 6.43. The van der Waals surface area contributed by atoms with E-state index < -0.39 is 5.97 Å². The number of carboxylic acid groups (broad SMARTS) is 1. The third-order valence-corrected chi connectivity index (χ3v) is 3.18. The maximum atomic E-state index is 11.3. The van der Waals surface area contributed by atoms with Gasteiger partial charge >= 0.3 is 5.97 Å². The largest absolute Gasteiger partial charge is 0.497 e. The maximum Gasteiger partial charge on any atom is 0.335 e. The Balaban J connectivity index is 2.16. The minimum atomic E-state index is -1.01. The van der Waals surface area contributed by atoms with Gasteiger partial charge < -0.3 is 9.84 Å². The number of hydrogen-bond acceptors (Lipinski definition) is 5. The maximum absolute atomic E-state index is 11.3. The van der Waals surface area contributed by atoms with E-state index >= 15 is 0 Å². The molecule has 0 saturated carbocycles. The predicted molar refractivity (Wildman–Crippen MR) is 78.1 cm³/mol. The normalized spacial score (nSPS) is 10.4. The van der Waals surface area contributed by atoms with Crippen LogP contribution in [-0.2, 0) is 0 Å². The summed E-state index contributed by atoms with van der Waals surface area (Å²) in [5.74, 6) is -0.318. The van der Waals surface area contributed by atoms with Crippen LogP contribution in [-0.4, -0.2) is 38.4 Å². The zero-order valence-electron chi connectivity index (χ0n) is 11.7.